The van der Waals surface area contributed by atoms with Crippen LogP contribution in [0.2, 0.25) is 0 Å². The minimum Gasteiger partial charge on any atom is -0.492 e. The lowest BCUT2D eigenvalue weighted by molar-refractivity contribution is 0.324. The van der Waals surface area contributed by atoms with Crippen LogP contribution in [0.5, 0.6) is 5.75 Å². The molecule has 1 aromatic rings. The highest BCUT2D eigenvalue weighted by atomic mass is 79.9. The summed E-state index contributed by atoms with van der Waals surface area (Å²) in [5.41, 5.74) is 1.08. The van der Waals surface area contributed by atoms with Crippen molar-refractivity contribution in [3.8, 4) is 11.8 Å². The predicted molar refractivity (Wildman–Crippen MR) is 54.6 cm³/mol. The van der Waals surface area contributed by atoms with Gasteiger partial charge in [0.1, 0.15) is 12.4 Å². The van der Waals surface area contributed by atoms with Gasteiger partial charge in [-0.15, -0.1) is 0 Å². The first-order chi connectivity index (χ1) is 6.24. The molecule has 0 aliphatic rings. The number of hydrogen-bond donors (Lipinski definition) is 0. The molecule has 0 unspecified atom stereocenters. The van der Waals surface area contributed by atoms with Crippen LogP contribution in [0.25, 0.3) is 0 Å². The Kier molecular flexibility index (Phi) is 3.78. The van der Waals surface area contributed by atoms with Crippen LogP contribution < -0.4 is 4.74 Å². The lowest BCUT2D eigenvalue weighted by atomic mass is 10.2. The number of nitriles is 1. The van der Waals surface area contributed by atoms with Crippen molar-refractivity contribution in [3.05, 3.63) is 28.2 Å². The highest BCUT2D eigenvalue weighted by molar-refractivity contribution is 9.10. The molecule has 0 radical (unpaired) electrons. The van der Waals surface area contributed by atoms with Gasteiger partial charge >= 0.3 is 0 Å². The van der Waals surface area contributed by atoms with Crippen LogP contribution in [-0.4, -0.2) is 6.61 Å². The third-order valence-electron chi connectivity index (χ3n) is 1.62. The fourth-order valence-electron chi connectivity index (χ4n) is 0.936. The van der Waals surface area contributed by atoms with Crippen LogP contribution in [0.4, 0.5) is 0 Å². The van der Waals surface area contributed by atoms with Crippen LogP contribution in [0.3, 0.4) is 0 Å². The molecule has 0 bridgehead atoms. The first kappa shape index (κ1) is 10.1. The van der Waals surface area contributed by atoms with E-state index in [1.54, 1.807) is 0 Å². The summed E-state index contributed by atoms with van der Waals surface area (Å²) in [6, 6.07) is 7.89. The van der Waals surface area contributed by atoms with E-state index in [4.69, 9.17) is 10.00 Å². The SMILES string of the molecule is Cc1ccc(Br)cc1OCCC#N. The van der Waals surface area contributed by atoms with E-state index in [0.717, 1.165) is 15.8 Å². The molecule has 13 heavy (non-hydrogen) atoms. The Labute approximate surface area is 86.3 Å². The van der Waals surface area contributed by atoms with Gasteiger partial charge in [-0.1, -0.05) is 22.0 Å². The molecule has 0 aliphatic carbocycles. The second-order valence-electron chi connectivity index (χ2n) is 2.67. The van der Waals surface area contributed by atoms with Crippen LogP contribution in [0.1, 0.15) is 12.0 Å². The Bertz CT molecular complexity index is 330. The minimum absolute atomic E-state index is 0.423. The quantitative estimate of drug-likeness (QED) is 0.760. The zero-order chi connectivity index (χ0) is 9.68. The molecule has 0 saturated heterocycles. The summed E-state index contributed by atoms with van der Waals surface area (Å²) in [5, 5.41) is 8.33. The predicted octanol–water partition coefficient (Wildman–Crippen LogP) is 3.05. The summed E-state index contributed by atoms with van der Waals surface area (Å²) in [5.74, 6) is 0.838. The molecule has 0 atom stereocenters. The number of hydrogen-bond acceptors (Lipinski definition) is 2. The second-order valence-corrected chi connectivity index (χ2v) is 3.58. The first-order valence-electron chi connectivity index (χ1n) is 4.00. The standard InChI is InChI=1S/C10H10BrNO/c1-8-3-4-9(11)7-10(8)13-6-2-5-12/h3-4,7H,2,6H2,1H3. The van der Waals surface area contributed by atoms with E-state index in [2.05, 4.69) is 15.9 Å². The molecule has 0 saturated carbocycles. The Hall–Kier alpha value is -1.01. The maximum Gasteiger partial charge on any atom is 0.123 e. The Morgan fingerprint density at radius 3 is 3.00 bits per heavy atom. The van der Waals surface area contributed by atoms with Gasteiger partial charge in [-0.25, -0.2) is 0 Å². The van der Waals surface area contributed by atoms with Crippen LogP contribution in [0.15, 0.2) is 22.7 Å². The smallest absolute Gasteiger partial charge is 0.123 e. The molecule has 0 fully saturated rings. The molecule has 1 rings (SSSR count). The van der Waals surface area contributed by atoms with Gasteiger partial charge in [0.05, 0.1) is 12.5 Å². The summed E-state index contributed by atoms with van der Waals surface area (Å²) >= 11 is 3.36. The summed E-state index contributed by atoms with van der Waals surface area (Å²) in [7, 11) is 0. The maximum atomic E-state index is 8.33. The molecule has 2 nitrogen and oxygen atoms in total. The van der Waals surface area contributed by atoms with Gasteiger partial charge in [0, 0.05) is 4.47 Å². The molecule has 3 heteroatoms. The molecule has 0 N–H and O–H groups in total. The van der Waals surface area contributed by atoms with Crippen LogP contribution >= 0.6 is 15.9 Å². The zero-order valence-corrected chi connectivity index (χ0v) is 8.97. The molecule has 68 valence electrons. The average molecular weight is 240 g/mol. The summed E-state index contributed by atoms with van der Waals surface area (Å²) in [4.78, 5) is 0. The van der Waals surface area contributed by atoms with Crippen molar-refractivity contribution < 1.29 is 4.74 Å². The fraction of sp³-hybridized carbons (Fsp3) is 0.300. The van der Waals surface area contributed by atoms with Gasteiger partial charge in [-0.3, -0.25) is 0 Å². The molecule has 0 amide bonds. The molecule has 0 spiro atoms. The molecule has 0 aromatic heterocycles. The van der Waals surface area contributed by atoms with Crippen LogP contribution in [-0.2, 0) is 0 Å². The van der Waals surface area contributed by atoms with Crippen molar-refractivity contribution >= 4 is 15.9 Å². The van der Waals surface area contributed by atoms with Gasteiger partial charge < -0.3 is 4.74 Å². The normalized spacial score (nSPS) is 9.31. The van der Waals surface area contributed by atoms with Crippen molar-refractivity contribution in [1.82, 2.24) is 0 Å². The summed E-state index contributed by atoms with van der Waals surface area (Å²) in [6.07, 6.45) is 0.423. The number of ether oxygens (including phenoxy) is 1. The van der Waals surface area contributed by atoms with E-state index in [-0.39, 0.29) is 0 Å². The number of benzene rings is 1. The van der Waals surface area contributed by atoms with E-state index >= 15 is 0 Å². The zero-order valence-electron chi connectivity index (χ0n) is 7.38. The van der Waals surface area contributed by atoms with E-state index < -0.39 is 0 Å². The second kappa shape index (κ2) is 4.88. The van der Waals surface area contributed by atoms with Gasteiger partial charge in [-0.2, -0.15) is 5.26 Å². The number of aryl methyl sites for hydroxylation is 1. The average Bonchev–Trinajstić information content (AvgIpc) is 2.11. The van der Waals surface area contributed by atoms with E-state index in [0.29, 0.717) is 13.0 Å². The van der Waals surface area contributed by atoms with Gasteiger partial charge in [0.25, 0.3) is 0 Å². The third-order valence-corrected chi connectivity index (χ3v) is 2.11. The Morgan fingerprint density at radius 2 is 2.31 bits per heavy atom. The summed E-state index contributed by atoms with van der Waals surface area (Å²) < 4.78 is 6.40. The topological polar surface area (TPSA) is 33.0 Å². The van der Waals surface area contributed by atoms with Gasteiger partial charge in [0.2, 0.25) is 0 Å². The highest BCUT2D eigenvalue weighted by Gasteiger charge is 1.99. The monoisotopic (exact) mass is 239 g/mol. The van der Waals surface area contributed by atoms with E-state index in [1.165, 1.54) is 0 Å². The first-order valence-corrected chi connectivity index (χ1v) is 4.79. The maximum absolute atomic E-state index is 8.33. The van der Waals surface area contributed by atoms with Gasteiger partial charge in [0.15, 0.2) is 0 Å². The van der Waals surface area contributed by atoms with E-state index in [1.807, 2.05) is 31.2 Å². The van der Waals surface area contributed by atoms with E-state index in [9.17, 15) is 0 Å². The van der Waals surface area contributed by atoms with Crippen molar-refractivity contribution in [2.75, 3.05) is 6.61 Å². The number of halogens is 1. The van der Waals surface area contributed by atoms with Crippen molar-refractivity contribution in [2.24, 2.45) is 0 Å². The highest BCUT2D eigenvalue weighted by Crippen LogP contribution is 2.22. The Morgan fingerprint density at radius 1 is 1.54 bits per heavy atom. The minimum atomic E-state index is 0.423. The lowest BCUT2D eigenvalue weighted by Crippen LogP contribution is -1.97. The lowest BCUT2D eigenvalue weighted by Gasteiger charge is -2.07. The number of rotatable bonds is 3. The largest absolute Gasteiger partial charge is 0.492 e. The fourth-order valence-corrected chi connectivity index (χ4v) is 1.28. The van der Waals surface area contributed by atoms with Gasteiger partial charge in [-0.05, 0) is 24.6 Å². The number of nitrogens with zero attached hydrogens (tertiary/aromatic N) is 1. The molecule has 1 aromatic carbocycles. The third kappa shape index (κ3) is 3.08. The summed E-state index contributed by atoms with van der Waals surface area (Å²) in [6.45, 7) is 2.43. The van der Waals surface area contributed by atoms with Crippen molar-refractivity contribution in [2.45, 2.75) is 13.3 Å². The molecule has 0 aliphatic heterocycles. The van der Waals surface area contributed by atoms with Crippen molar-refractivity contribution in [1.29, 1.82) is 5.26 Å². The van der Waals surface area contributed by atoms with Crippen molar-refractivity contribution in [3.63, 3.8) is 0 Å². The molecular formula is C10H10BrNO. The Balaban J connectivity index is 2.65. The molecule has 0 heterocycles. The van der Waals surface area contributed by atoms with Crippen LogP contribution in [0, 0.1) is 18.3 Å². The molecular weight excluding hydrogens is 230 g/mol.